The second-order valence-corrected chi connectivity index (χ2v) is 8.78. The molecule has 0 fully saturated rings. The van der Waals surface area contributed by atoms with Crippen molar-refractivity contribution in [3.8, 4) is 0 Å². The number of hydrogen-bond acceptors (Lipinski definition) is 6. The highest BCUT2D eigenvalue weighted by atomic mass is 19.3. The van der Waals surface area contributed by atoms with Crippen molar-refractivity contribution in [1.29, 1.82) is 0 Å². The molecule has 212 valence electrons. The Hall–Kier alpha value is -4.08. The first-order valence-electron chi connectivity index (χ1n) is 13.5. The lowest BCUT2D eigenvalue weighted by molar-refractivity contribution is -0.156. The molecule has 0 heterocycles. The van der Waals surface area contributed by atoms with Crippen LogP contribution < -0.4 is 0 Å². The van der Waals surface area contributed by atoms with E-state index in [1.165, 1.54) is 48.5 Å². The summed E-state index contributed by atoms with van der Waals surface area (Å²) in [4.78, 5) is 50.1. The summed E-state index contributed by atoms with van der Waals surface area (Å²) in [7, 11) is 0. The molecule has 0 saturated carbocycles. The summed E-state index contributed by atoms with van der Waals surface area (Å²) in [5.74, 6) is -14.7. The van der Waals surface area contributed by atoms with E-state index in [-0.39, 0.29) is 24.0 Å². The number of rotatable bonds is 4. The minimum absolute atomic E-state index is 0.0737. The number of carbonyl (C=O) groups is 4. The van der Waals surface area contributed by atoms with Gasteiger partial charge in [0.2, 0.25) is 11.6 Å². The topological polar surface area (TPSA) is 86.7 Å². The van der Waals surface area contributed by atoms with E-state index in [2.05, 4.69) is 0 Å². The van der Waals surface area contributed by atoms with Crippen LogP contribution >= 0.6 is 0 Å². The molecule has 0 N–H and O–H groups in total. The molecule has 6 nitrogen and oxygen atoms in total. The van der Waals surface area contributed by atoms with Crippen molar-refractivity contribution in [3.63, 3.8) is 0 Å². The number of allylic oxidation sites excluding steroid dienone is 2. The molecule has 0 bridgehead atoms. The van der Waals surface area contributed by atoms with Crippen LogP contribution in [0.25, 0.3) is 0 Å². The maximum Gasteiger partial charge on any atom is 0.344 e. The van der Waals surface area contributed by atoms with Crippen LogP contribution in [-0.2, 0) is 19.1 Å². The van der Waals surface area contributed by atoms with Crippen molar-refractivity contribution >= 4 is 23.5 Å². The fraction of sp³-hybridized carbons (Fsp3) is 0.333. The molecule has 2 aromatic rings. The molecule has 3 rings (SSSR count). The Morgan fingerprint density at radius 2 is 1.02 bits per heavy atom. The second kappa shape index (κ2) is 13.8. The van der Waals surface area contributed by atoms with Crippen LogP contribution in [0.2, 0.25) is 0 Å². The number of hydrogen-bond donors (Lipinski definition) is 0. The van der Waals surface area contributed by atoms with Crippen LogP contribution in [0.15, 0.2) is 85.0 Å². The molecule has 1 aliphatic carbocycles. The van der Waals surface area contributed by atoms with E-state index in [0.29, 0.717) is 12.2 Å². The zero-order valence-electron chi connectivity index (χ0n) is 23.2. The molecule has 0 spiro atoms. The number of alkyl halides is 4. The third kappa shape index (κ3) is 7.97. The Kier molecular flexibility index (Phi) is 9.50. The van der Waals surface area contributed by atoms with E-state index in [0.717, 1.165) is 12.2 Å². The number of ketones is 2. The molecule has 0 amide bonds. The first-order valence-corrected chi connectivity index (χ1v) is 12.4. The Morgan fingerprint density at radius 1 is 0.675 bits per heavy atom. The van der Waals surface area contributed by atoms with E-state index in [1.807, 2.05) is 0 Å². The number of esters is 2. The van der Waals surface area contributed by atoms with Gasteiger partial charge < -0.3 is 9.47 Å². The molecular formula is C30H28F4O6. The number of benzene rings is 2. The monoisotopic (exact) mass is 562 g/mol. The van der Waals surface area contributed by atoms with Crippen LogP contribution in [0.1, 0.15) is 61.9 Å². The van der Waals surface area contributed by atoms with E-state index >= 15 is 17.6 Å². The average Bonchev–Trinajstić information content (AvgIpc) is 2.99. The van der Waals surface area contributed by atoms with Crippen molar-refractivity contribution in [2.75, 3.05) is 0 Å². The van der Waals surface area contributed by atoms with Crippen LogP contribution in [0.4, 0.5) is 17.6 Å². The van der Waals surface area contributed by atoms with Gasteiger partial charge >= 0.3 is 23.8 Å². The molecule has 10 heteroatoms. The summed E-state index contributed by atoms with van der Waals surface area (Å²) < 4.78 is 86.7. The summed E-state index contributed by atoms with van der Waals surface area (Å²) >= 11 is 0. The number of ether oxygens (including phenoxy) is 2. The summed E-state index contributed by atoms with van der Waals surface area (Å²) in [6.45, 7) is 0. The lowest BCUT2D eigenvalue weighted by Crippen LogP contribution is -2.43. The van der Waals surface area contributed by atoms with E-state index in [1.54, 1.807) is 12.1 Å². The van der Waals surface area contributed by atoms with Gasteiger partial charge in [-0.2, -0.15) is 17.6 Å². The molecule has 0 aromatic heterocycles. The third-order valence-corrected chi connectivity index (χ3v) is 5.81. The van der Waals surface area contributed by atoms with E-state index in [4.69, 9.17) is 12.2 Å². The van der Waals surface area contributed by atoms with Gasteiger partial charge in [-0.3, -0.25) is 9.59 Å². The summed E-state index contributed by atoms with van der Waals surface area (Å²) in [6, 6.07) is 14.3. The lowest BCUT2D eigenvalue weighted by atomic mass is 9.99. The Balaban J connectivity index is 1.88. The summed E-state index contributed by atoms with van der Waals surface area (Å²) in [6.07, 6.45) is -7.42. The Labute approximate surface area is 231 Å². The van der Waals surface area contributed by atoms with Crippen molar-refractivity contribution < 1.29 is 49.0 Å². The van der Waals surface area contributed by atoms with Crippen molar-refractivity contribution in [3.05, 3.63) is 96.1 Å². The third-order valence-electron chi connectivity index (χ3n) is 5.81. The number of carbonyl (C=O) groups excluding carboxylic acids is 4. The molecule has 0 saturated heterocycles. The summed E-state index contributed by atoms with van der Waals surface area (Å²) in [5.41, 5.74) is -0.147. The average molecular weight is 563 g/mol. The first kappa shape index (κ1) is 27.5. The predicted molar refractivity (Wildman–Crippen MR) is 137 cm³/mol. The minimum Gasteiger partial charge on any atom is -0.448 e. The molecular weight excluding hydrogens is 532 g/mol. The van der Waals surface area contributed by atoms with Crippen LogP contribution in [0.3, 0.4) is 0 Å². The Bertz CT molecular complexity index is 1220. The predicted octanol–water partition coefficient (Wildman–Crippen LogP) is 6.31. The molecule has 4 atom stereocenters. The zero-order valence-corrected chi connectivity index (χ0v) is 21.2. The highest BCUT2D eigenvalue weighted by molar-refractivity contribution is 5.92. The largest absolute Gasteiger partial charge is 0.448 e. The lowest BCUT2D eigenvalue weighted by Gasteiger charge is -2.24. The van der Waals surface area contributed by atoms with Crippen LogP contribution in [0, 0.1) is 0 Å². The number of Topliss-reactive ketones (excluding diaryl/α,β-unsaturated/α-hetero) is 2. The molecule has 1 aliphatic rings. The molecule has 0 aliphatic heterocycles. The van der Waals surface area contributed by atoms with E-state index < -0.39 is 73.2 Å². The highest BCUT2D eigenvalue weighted by Crippen LogP contribution is 2.30. The smallest absolute Gasteiger partial charge is 0.344 e. The molecule has 0 unspecified atom stereocenters. The summed E-state index contributed by atoms with van der Waals surface area (Å²) in [5, 5.41) is 0. The fourth-order valence-electron chi connectivity index (χ4n) is 3.60. The van der Waals surface area contributed by atoms with Gasteiger partial charge in [0.05, 0.1) is 11.1 Å². The van der Waals surface area contributed by atoms with Gasteiger partial charge in [0.1, 0.15) is 0 Å². The van der Waals surface area contributed by atoms with Crippen LogP contribution in [-0.4, -0.2) is 47.6 Å². The quantitative estimate of drug-likeness (QED) is 0.247. The van der Waals surface area contributed by atoms with Gasteiger partial charge in [-0.15, -0.1) is 0 Å². The molecule has 0 radical (unpaired) electrons. The standard InChI is InChI=1S/C30H28F4O6/c31-29(32)23(35)17-10-4-12-20-26(40-28(38)22-15-7-2-8-16-22)30(33,34)24(36)18-9-3-11-19-25(29)39-27(37)21-13-5-1-6-14-21/h1-2,5-8,11-16,19-20,25-26H,3-4,9-10,17-18H2/b19-11+,20-12+/t25-,26+/i17D,18D/t17-,18+,25-,26+. The van der Waals surface area contributed by atoms with Crippen molar-refractivity contribution in [2.24, 2.45) is 0 Å². The van der Waals surface area contributed by atoms with Gasteiger partial charge in [0.15, 0.2) is 12.2 Å². The van der Waals surface area contributed by atoms with Gasteiger partial charge in [-0.25, -0.2) is 9.59 Å². The SMILES string of the molecule is [2H][C@@H]1CC/C=C/[C@H](OC(=O)c2ccccc2)C(F)(F)C(=O)[C@@H]([2H])CC/C=C/[C@@H](OC(=O)c2ccccc2)C(F)(F)C1=O. The zero-order chi connectivity index (χ0) is 30.9. The van der Waals surface area contributed by atoms with Gasteiger partial charge in [-0.05, 0) is 62.1 Å². The Morgan fingerprint density at radius 3 is 1.38 bits per heavy atom. The highest BCUT2D eigenvalue weighted by Gasteiger charge is 2.49. The molecule has 2 aromatic carbocycles. The van der Waals surface area contributed by atoms with Crippen LogP contribution in [0.5, 0.6) is 0 Å². The van der Waals surface area contributed by atoms with Crippen molar-refractivity contribution in [1.82, 2.24) is 0 Å². The van der Waals surface area contributed by atoms with Crippen molar-refractivity contribution in [2.45, 2.75) is 62.5 Å². The normalized spacial score (nSPS) is 27.9. The van der Waals surface area contributed by atoms with E-state index in [9.17, 15) is 19.2 Å². The van der Waals surface area contributed by atoms with Gasteiger partial charge in [0.25, 0.3) is 0 Å². The second-order valence-electron chi connectivity index (χ2n) is 8.78. The fourth-order valence-corrected chi connectivity index (χ4v) is 3.60. The maximum absolute atomic E-state index is 15.2. The van der Waals surface area contributed by atoms with Gasteiger partial charge in [-0.1, -0.05) is 48.6 Å². The minimum atomic E-state index is -4.33. The maximum atomic E-state index is 15.2. The number of halogens is 4. The van der Waals surface area contributed by atoms with Gasteiger partial charge in [0, 0.05) is 15.5 Å². The first-order chi connectivity index (χ1) is 19.9. The molecule has 40 heavy (non-hydrogen) atoms.